The first kappa shape index (κ1) is 11.9. The molecule has 0 aromatic heterocycles. The van der Waals surface area contributed by atoms with Gasteiger partial charge in [0.05, 0.1) is 6.54 Å². The van der Waals surface area contributed by atoms with Crippen molar-refractivity contribution in [2.75, 3.05) is 11.4 Å². The second-order valence-corrected chi connectivity index (χ2v) is 3.85. The van der Waals surface area contributed by atoms with Crippen molar-refractivity contribution < 1.29 is 14.3 Å². The van der Waals surface area contributed by atoms with Crippen molar-refractivity contribution in [3.63, 3.8) is 0 Å². The molecule has 1 atom stereocenters. The third-order valence-corrected chi connectivity index (χ3v) is 2.62. The van der Waals surface area contributed by atoms with Crippen LogP contribution in [-0.2, 0) is 9.53 Å². The molecule has 0 spiro atoms. The SMILES string of the molecule is N=C(N)c1ccc(N2CC(C(N)=O)OC2=O)cc1. The molecule has 0 radical (unpaired) electrons. The third kappa shape index (κ3) is 2.10. The number of amidine groups is 1. The zero-order valence-corrected chi connectivity index (χ0v) is 9.42. The molecule has 1 aliphatic heterocycles. The summed E-state index contributed by atoms with van der Waals surface area (Å²) >= 11 is 0. The Hall–Kier alpha value is -2.57. The monoisotopic (exact) mass is 248 g/mol. The number of nitrogens with zero attached hydrogens (tertiary/aromatic N) is 1. The fourth-order valence-corrected chi connectivity index (χ4v) is 1.64. The number of primary amides is 1. The quantitative estimate of drug-likeness (QED) is 0.505. The maximum Gasteiger partial charge on any atom is 0.415 e. The van der Waals surface area contributed by atoms with Gasteiger partial charge in [0.1, 0.15) is 5.84 Å². The highest BCUT2D eigenvalue weighted by atomic mass is 16.6. The predicted molar refractivity (Wildman–Crippen MR) is 64.3 cm³/mol. The summed E-state index contributed by atoms with van der Waals surface area (Å²) in [6.07, 6.45) is -1.54. The molecule has 1 unspecified atom stereocenters. The molecule has 1 heterocycles. The van der Waals surface area contributed by atoms with Crippen LogP contribution < -0.4 is 16.4 Å². The number of rotatable bonds is 3. The van der Waals surface area contributed by atoms with Crippen LogP contribution in [0.4, 0.5) is 10.5 Å². The molecule has 0 bridgehead atoms. The van der Waals surface area contributed by atoms with E-state index < -0.39 is 18.1 Å². The standard InChI is InChI=1S/C11H12N4O3/c12-9(13)6-1-3-7(4-2-6)15-5-8(10(14)16)18-11(15)17/h1-4,8H,5H2,(H3,12,13)(H2,14,16). The molecule has 94 valence electrons. The van der Waals surface area contributed by atoms with Gasteiger partial charge in [-0.2, -0.15) is 0 Å². The van der Waals surface area contributed by atoms with Crippen LogP contribution in [0, 0.1) is 5.41 Å². The minimum atomic E-state index is -0.926. The van der Waals surface area contributed by atoms with Gasteiger partial charge in [-0.1, -0.05) is 0 Å². The molecule has 1 aromatic carbocycles. The van der Waals surface area contributed by atoms with E-state index in [2.05, 4.69) is 0 Å². The van der Waals surface area contributed by atoms with E-state index in [9.17, 15) is 9.59 Å². The molecule has 1 aliphatic rings. The summed E-state index contributed by atoms with van der Waals surface area (Å²) in [4.78, 5) is 23.8. The summed E-state index contributed by atoms with van der Waals surface area (Å²) in [7, 11) is 0. The molecule has 7 heteroatoms. The number of cyclic esters (lactones) is 1. The lowest BCUT2D eigenvalue weighted by Gasteiger charge is -2.12. The Kier molecular flexibility index (Phi) is 2.88. The summed E-state index contributed by atoms with van der Waals surface area (Å²) in [6.45, 7) is 0.0909. The molecule has 7 nitrogen and oxygen atoms in total. The van der Waals surface area contributed by atoms with Crippen LogP contribution in [-0.4, -0.2) is 30.5 Å². The van der Waals surface area contributed by atoms with Crippen molar-refractivity contribution in [1.82, 2.24) is 0 Å². The fraction of sp³-hybridized carbons (Fsp3) is 0.182. The highest BCUT2D eigenvalue weighted by Gasteiger charge is 2.35. The average Bonchev–Trinajstić information content (AvgIpc) is 2.71. The molecule has 18 heavy (non-hydrogen) atoms. The number of hydrogen-bond acceptors (Lipinski definition) is 4. The summed E-state index contributed by atoms with van der Waals surface area (Å²) in [6, 6.07) is 6.48. The smallest absolute Gasteiger partial charge is 0.415 e. The Morgan fingerprint density at radius 3 is 2.39 bits per heavy atom. The van der Waals surface area contributed by atoms with Crippen molar-refractivity contribution in [2.24, 2.45) is 11.5 Å². The lowest BCUT2D eigenvalue weighted by molar-refractivity contribution is -0.124. The van der Waals surface area contributed by atoms with E-state index in [0.717, 1.165) is 0 Å². The lowest BCUT2D eigenvalue weighted by Crippen LogP contribution is -2.32. The van der Waals surface area contributed by atoms with E-state index in [0.29, 0.717) is 11.3 Å². The second-order valence-electron chi connectivity index (χ2n) is 3.85. The van der Waals surface area contributed by atoms with Crippen LogP contribution in [0.25, 0.3) is 0 Å². The Morgan fingerprint density at radius 2 is 1.94 bits per heavy atom. The van der Waals surface area contributed by atoms with E-state index in [1.54, 1.807) is 24.3 Å². The van der Waals surface area contributed by atoms with Gasteiger partial charge in [-0.25, -0.2) is 4.79 Å². The normalized spacial score (nSPS) is 18.6. The van der Waals surface area contributed by atoms with Crippen molar-refractivity contribution in [1.29, 1.82) is 5.41 Å². The molecule has 2 rings (SSSR count). The lowest BCUT2D eigenvalue weighted by atomic mass is 10.2. The molecule has 2 amide bonds. The largest absolute Gasteiger partial charge is 0.434 e. The van der Waals surface area contributed by atoms with E-state index in [1.807, 2.05) is 0 Å². The Morgan fingerprint density at radius 1 is 1.33 bits per heavy atom. The van der Waals surface area contributed by atoms with Crippen LogP contribution in [0.15, 0.2) is 24.3 Å². The van der Waals surface area contributed by atoms with Crippen LogP contribution in [0.5, 0.6) is 0 Å². The number of amides is 2. The number of hydrogen-bond donors (Lipinski definition) is 3. The first-order chi connectivity index (χ1) is 8.49. The predicted octanol–water partition coefficient (Wildman–Crippen LogP) is -0.219. The van der Waals surface area contributed by atoms with Gasteiger partial charge in [0.25, 0.3) is 5.91 Å². The molecule has 0 aliphatic carbocycles. The van der Waals surface area contributed by atoms with Gasteiger partial charge in [0.2, 0.25) is 0 Å². The van der Waals surface area contributed by atoms with Crippen LogP contribution in [0.1, 0.15) is 5.56 Å². The van der Waals surface area contributed by atoms with E-state index in [4.69, 9.17) is 21.6 Å². The number of carbonyl (C=O) groups excluding carboxylic acids is 2. The second kappa shape index (κ2) is 4.36. The summed E-state index contributed by atoms with van der Waals surface area (Å²) in [5.41, 5.74) is 11.5. The maximum atomic E-state index is 11.5. The van der Waals surface area contributed by atoms with E-state index in [-0.39, 0.29) is 12.4 Å². The Balaban J connectivity index is 2.19. The number of ether oxygens (including phenoxy) is 1. The number of benzene rings is 1. The highest BCUT2D eigenvalue weighted by Crippen LogP contribution is 2.21. The van der Waals surface area contributed by atoms with Crippen molar-refractivity contribution in [3.8, 4) is 0 Å². The van der Waals surface area contributed by atoms with Crippen molar-refractivity contribution >= 4 is 23.5 Å². The first-order valence-corrected chi connectivity index (χ1v) is 5.21. The third-order valence-electron chi connectivity index (χ3n) is 2.62. The van der Waals surface area contributed by atoms with Gasteiger partial charge in [0, 0.05) is 11.3 Å². The van der Waals surface area contributed by atoms with Gasteiger partial charge in [-0.3, -0.25) is 15.1 Å². The van der Waals surface area contributed by atoms with Crippen molar-refractivity contribution in [2.45, 2.75) is 6.10 Å². The number of nitrogens with two attached hydrogens (primary N) is 2. The summed E-state index contributed by atoms with van der Waals surface area (Å²) in [5, 5.41) is 7.25. The molecule has 1 aromatic rings. The molecule has 1 saturated heterocycles. The van der Waals surface area contributed by atoms with Crippen LogP contribution >= 0.6 is 0 Å². The Bertz CT molecular complexity index is 512. The van der Waals surface area contributed by atoms with Crippen LogP contribution in [0.2, 0.25) is 0 Å². The van der Waals surface area contributed by atoms with Crippen LogP contribution in [0.3, 0.4) is 0 Å². The zero-order chi connectivity index (χ0) is 13.3. The highest BCUT2D eigenvalue weighted by molar-refractivity contribution is 5.97. The Labute approximate surface area is 103 Å². The summed E-state index contributed by atoms with van der Waals surface area (Å²) in [5.74, 6) is -0.730. The molecule has 5 N–H and O–H groups in total. The molecular weight excluding hydrogens is 236 g/mol. The number of nitrogens with one attached hydrogen (secondary N) is 1. The van der Waals surface area contributed by atoms with Gasteiger partial charge in [0.15, 0.2) is 6.10 Å². The fourth-order valence-electron chi connectivity index (χ4n) is 1.64. The van der Waals surface area contributed by atoms with Gasteiger partial charge < -0.3 is 16.2 Å². The minimum absolute atomic E-state index is 0.0550. The maximum absolute atomic E-state index is 11.5. The number of carbonyl (C=O) groups is 2. The van der Waals surface area contributed by atoms with Gasteiger partial charge in [-0.05, 0) is 24.3 Å². The molecular formula is C11H12N4O3. The molecule has 1 fully saturated rings. The van der Waals surface area contributed by atoms with Crippen molar-refractivity contribution in [3.05, 3.63) is 29.8 Å². The topological polar surface area (TPSA) is 123 Å². The zero-order valence-electron chi connectivity index (χ0n) is 9.42. The average molecular weight is 248 g/mol. The molecule has 0 saturated carbocycles. The van der Waals surface area contributed by atoms with Gasteiger partial charge >= 0.3 is 6.09 Å². The minimum Gasteiger partial charge on any atom is -0.434 e. The first-order valence-electron chi connectivity index (χ1n) is 5.21. The van der Waals surface area contributed by atoms with E-state index in [1.165, 1.54) is 4.90 Å². The summed E-state index contributed by atoms with van der Waals surface area (Å²) < 4.78 is 4.81. The number of anilines is 1. The van der Waals surface area contributed by atoms with E-state index >= 15 is 0 Å². The number of nitrogen functional groups attached to an aromatic ring is 1. The van der Waals surface area contributed by atoms with Gasteiger partial charge in [-0.15, -0.1) is 0 Å².